The molecule has 0 saturated carbocycles. The molecule has 6 heteroatoms. The number of fused-ring (bicyclic) bond motifs is 1. The molecule has 2 aromatic heterocycles. The normalized spacial score (nSPS) is 10.8. The SMILES string of the molecule is COC(=O)c1ccoc1COC(=O)CCCc1c[nH]c2ccccc12. The number of carbonyl (C=O) groups excluding carboxylic acids is 2. The number of hydrogen-bond acceptors (Lipinski definition) is 5. The van der Waals surface area contributed by atoms with E-state index in [0.717, 1.165) is 11.9 Å². The van der Waals surface area contributed by atoms with Gasteiger partial charge in [0, 0.05) is 23.5 Å². The summed E-state index contributed by atoms with van der Waals surface area (Å²) in [6.45, 7) is -0.0800. The minimum atomic E-state index is -0.515. The van der Waals surface area contributed by atoms with Gasteiger partial charge in [0.1, 0.15) is 12.2 Å². The van der Waals surface area contributed by atoms with Crippen LogP contribution in [0.4, 0.5) is 0 Å². The Morgan fingerprint density at radius 2 is 2.04 bits per heavy atom. The fraction of sp³-hybridized carbons (Fsp3) is 0.263. The second-order valence-corrected chi connectivity index (χ2v) is 5.62. The van der Waals surface area contributed by atoms with Crippen LogP contribution in [-0.4, -0.2) is 24.0 Å². The molecule has 130 valence electrons. The summed E-state index contributed by atoms with van der Waals surface area (Å²) in [5.74, 6) is -0.553. The first kappa shape index (κ1) is 16.8. The fourth-order valence-electron chi connectivity index (χ4n) is 2.72. The lowest BCUT2D eigenvalue weighted by Crippen LogP contribution is -2.08. The quantitative estimate of drug-likeness (QED) is 0.664. The zero-order chi connectivity index (χ0) is 17.6. The zero-order valence-corrected chi connectivity index (χ0v) is 13.9. The predicted molar refractivity (Wildman–Crippen MR) is 91.1 cm³/mol. The molecule has 0 atom stereocenters. The van der Waals surface area contributed by atoms with Crippen molar-refractivity contribution >= 4 is 22.8 Å². The number of hydrogen-bond donors (Lipinski definition) is 1. The van der Waals surface area contributed by atoms with E-state index in [1.165, 1.54) is 30.4 Å². The molecular weight excluding hydrogens is 322 g/mol. The number of ether oxygens (including phenoxy) is 2. The number of aryl methyl sites for hydroxylation is 1. The third-order valence-electron chi connectivity index (χ3n) is 4.02. The van der Waals surface area contributed by atoms with Gasteiger partial charge in [-0.05, 0) is 30.5 Å². The van der Waals surface area contributed by atoms with Crippen molar-refractivity contribution in [2.24, 2.45) is 0 Å². The molecule has 1 aromatic carbocycles. The second-order valence-electron chi connectivity index (χ2n) is 5.62. The molecule has 0 saturated heterocycles. The molecule has 2 heterocycles. The second kappa shape index (κ2) is 7.70. The Bertz CT molecular complexity index is 877. The van der Waals surface area contributed by atoms with Gasteiger partial charge >= 0.3 is 11.9 Å². The molecule has 6 nitrogen and oxygen atoms in total. The van der Waals surface area contributed by atoms with Gasteiger partial charge in [-0.2, -0.15) is 0 Å². The zero-order valence-electron chi connectivity index (χ0n) is 13.9. The number of aromatic nitrogens is 1. The van der Waals surface area contributed by atoms with E-state index in [9.17, 15) is 9.59 Å². The van der Waals surface area contributed by atoms with Gasteiger partial charge in [0.25, 0.3) is 0 Å². The van der Waals surface area contributed by atoms with Crippen molar-refractivity contribution in [3.63, 3.8) is 0 Å². The minimum Gasteiger partial charge on any atom is -0.465 e. The number of furan rings is 1. The average Bonchev–Trinajstić information content (AvgIpc) is 3.26. The van der Waals surface area contributed by atoms with Crippen molar-refractivity contribution in [1.29, 1.82) is 0 Å². The molecule has 1 N–H and O–H groups in total. The van der Waals surface area contributed by atoms with Crippen LogP contribution in [0, 0.1) is 0 Å². The van der Waals surface area contributed by atoms with Crippen LogP contribution in [0.15, 0.2) is 47.2 Å². The van der Waals surface area contributed by atoms with Crippen molar-refractivity contribution < 1.29 is 23.5 Å². The molecule has 0 aliphatic heterocycles. The van der Waals surface area contributed by atoms with E-state index in [2.05, 4.69) is 15.8 Å². The van der Waals surface area contributed by atoms with Crippen molar-refractivity contribution in [3.05, 3.63) is 59.7 Å². The van der Waals surface area contributed by atoms with Crippen LogP contribution >= 0.6 is 0 Å². The predicted octanol–water partition coefficient (Wildman–Crippen LogP) is 3.61. The highest BCUT2D eigenvalue weighted by Crippen LogP contribution is 2.20. The van der Waals surface area contributed by atoms with Crippen molar-refractivity contribution in [2.75, 3.05) is 7.11 Å². The molecule has 0 amide bonds. The van der Waals surface area contributed by atoms with Gasteiger partial charge in [-0.3, -0.25) is 4.79 Å². The molecule has 25 heavy (non-hydrogen) atoms. The minimum absolute atomic E-state index is 0.0800. The lowest BCUT2D eigenvalue weighted by Gasteiger charge is -2.04. The van der Waals surface area contributed by atoms with Gasteiger partial charge in [-0.15, -0.1) is 0 Å². The molecule has 0 aliphatic rings. The number of methoxy groups -OCH3 is 1. The van der Waals surface area contributed by atoms with Crippen molar-refractivity contribution in [2.45, 2.75) is 25.9 Å². The Balaban J connectivity index is 1.47. The van der Waals surface area contributed by atoms with Gasteiger partial charge in [0.2, 0.25) is 0 Å². The van der Waals surface area contributed by atoms with Crippen LogP contribution in [0.5, 0.6) is 0 Å². The van der Waals surface area contributed by atoms with Crippen LogP contribution in [0.25, 0.3) is 10.9 Å². The van der Waals surface area contributed by atoms with Crippen LogP contribution in [0.1, 0.15) is 34.5 Å². The maximum absolute atomic E-state index is 11.9. The Kier molecular flexibility index (Phi) is 5.18. The molecule has 0 unspecified atom stereocenters. The summed E-state index contributed by atoms with van der Waals surface area (Å²) in [6, 6.07) is 9.56. The molecule has 0 bridgehead atoms. The number of aromatic amines is 1. The van der Waals surface area contributed by atoms with Gasteiger partial charge in [-0.1, -0.05) is 18.2 Å². The highest BCUT2D eigenvalue weighted by Gasteiger charge is 2.16. The van der Waals surface area contributed by atoms with Crippen LogP contribution in [0.3, 0.4) is 0 Å². The van der Waals surface area contributed by atoms with E-state index in [0.29, 0.717) is 12.8 Å². The molecule has 0 aliphatic carbocycles. The van der Waals surface area contributed by atoms with Gasteiger partial charge in [-0.25, -0.2) is 4.79 Å². The molecule has 0 fully saturated rings. The largest absolute Gasteiger partial charge is 0.465 e. The van der Waals surface area contributed by atoms with Gasteiger partial charge in [0.15, 0.2) is 5.76 Å². The summed E-state index contributed by atoms with van der Waals surface area (Å²) in [7, 11) is 1.29. The molecule has 0 spiro atoms. The summed E-state index contributed by atoms with van der Waals surface area (Å²) in [4.78, 5) is 26.6. The van der Waals surface area contributed by atoms with E-state index in [4.69, 9.17) is 9.15 Å². The smallest absolute Gasteiger partial charge is 0.341 e. The standard InChI is InChI=1S/C19H19NO5/c1-23-19(22)15-9-10-24-17(15)12-25-18(21)8-4-5-13-11-20-16-7-3-2-6-14(13)16/h2-3,6-7,9-11,20H,4-5,8,12H2,1H3. The van der Waals surface area contributed by atoms with Crippen molar-refractivity contribution in [1.82, 2.24) is 4.98 Å². The highest BCUT2D eigenvalue weighted by atomic mass is 16.5. The number of benzene rings is 1. The van der Waals surface area contributed by atoms with Crippen molar-refractivity contribution in [3.8, 4) is 0 Å². The topological polar surface area (TPSA) is 81.5 Å². The van der Waals surface area contributed by atoms with Gasteiger partial charge < -0.3 is 18.9 Å². The summed E-state index contributed by atoms with van der Waals surface area (Å²) >= 11 is 0. The number of esters is 2. The maximum Gasteiger partial charge on any atom is 0.341 e. The van der Waals surface area contributed by atoms with Crippen LogP contribution in [0.2, 0.25) is 0 Å². The summed E-state index contributed by atoms with van der Waals surface area (Å²) in [5, 5.41) is 1.18. The summed E-state index contributed by atoms with van der Waals surface area (Å²) in [6.07, 6.45) is 5.11. The van der Waals surface area contributed by atoms with E-state index >= 15 is 0 Å². The molecule has 3 aromatic rings. The van der Waals surface area contributed by atoms with Gasteiger partial charge in [0.05, 0.1) is 13.4 Å². The van der Waals surface area contributed by atoms with Crippen LogP contribution < -0.4 is 0 Å². The number of para-hydroxylation sites is 1. The molecular formula is C19H19NO5. The molecule has 3 rings (SSSR count). The highest BCUT2D eigenvalue weighted by molar-refractivity contribution is 5.90. The number of H-pyrrole nitrogens is 1. The fourth-order valence-corrected chi connectivity index (χ4v) is 2.72. The molecule has 0 radical (unpaired) electrons. The Morgan fingerprint density at radius 3 is 2.88 bits per heavy atom. The number of nitrogens with one attached hydrogen (secondary N) is 1. The number of carbonyl (C=O) groups is 2. The van der Waals surface area contributed by atoms with E-state index in [1.54, 1.807) is 0 Å². The van der Waals surface area contributed by atoms with E-state index in [-0.39, 0.29) is 23.9 Å². The summed E-state index contributed by atoms with van der Waals surface area (Å²) in [5.41, 5.74) is 2.55. The lowest BCUT2D eigenvalue weighted by molar-refractivity contribution is -0.145. The monoisotopic (exact) mass is 341 g/mol. The first-order valence-electron chi connectivity index (χ1n) is 8.04. The lowest BCUT2D eigenvalue weighted by atomic mass is 10.1. The van der Waals surface area contributed by atoms with E-state index in [1.807, 2.05) is 24.4 Å². The Morgan fingerprint density at radius 1 is 1.20 bits per heavy atom. The van der Waals surface area contributed by atoms with E-state index < -0.39 is 5.97 Å². The third kappa shape index (κ3) is 3.91. The number of rotatable bonds is 7. The first-order valence-corrected chi connectivity index (χ1v) is 8.04. The Hall–Kier alpha value is -3.02. The average molecular weight is 341 g/mol. The summed E-state index contributed by atoms with van der Waals surface area (Å²) < 4.78 is 15.0. The Labute approximate surface area is 144 Å². The maximum atomic E-state index is 11.9. The third-order valence-corrected chi connectivity index (χ3v) is 4.02. The first-order chi connectivity index (χ1) is 12.2. The van der Waals surface area contributed by atoms with Crippen LogP contribution in [-0.2, 0) is 27.3 Å².